The van der Waals surface area contributed by atoms with Crippen LogP contribution in [0.15, 0.2) is 18.2 Å². The Morgan fingerprint density at radius 1 is 1.17 bits per heavy atom. The lowest BCUT2D eigenvalue weighted by molar-refractivity contribution is -0.147. The molecule has 0 aliphatic rings. The Balaban J connectivity index is 2.63. The second-order valence-corrected chi connectivity index (χ2v) is 6.58. The molecule has 0 saturated carbocycles. The van der Waals surface area contributed by atoms with Gasteiger partial charge in [-0.1, -0.05) is 19.9 Å². The highest BCUT2D eigenvalue weighted by molar-refractivity contribution is 5.73. The highest BCUT2D eigenvalue weighted by Crippen LogP contribution is 2.26. The zero-order valence-electron chi connectivity index (χ0n) is 15.4. The number of hydrogen-bond donors (Lipinski definition) is 2. The molecular weight excluding hydrogens is 306 g/mol. The number of aliphatic carboxylic acids is 1. The Hall–Kier alpha value is -1.75. The molecule has 136 valence electrons. The van der Waals surface area contributed by atoms with Crippen LogP contribution in [0.3, 0.4) is 0 Å². The number of carboxylic acid groups (broad SMARTS) is 1. The van der Waals surface area contributed by atoms with Crippen molar-refractivity contribution in [1.29, 1.82) is 0 Å². The fourth-order valence-corrected chi connectivity index (χ4v) is 2.07. The fraction of sp³-hybridized carbons (Fsp3) is 0.632. The van der Waals surface area contributed by atoms with Gasteiger partial charge in [0.15, 0.2) is 0 Å². The Morgan fingerprint density at radius 2 is 1.83 bits per heavy atom. The van der Waals surface area contributed by atoms with Gasteiger partial charge in [0.05, 0.1) is 18.6 Å². The van der Waals surface area contributed by atoms with E-state index in [-0.39, 0.29) is 0 Å². The summed E-state index contributed by atoms with van der Waals surface area (Å²) in [7, 11) is 0. The van der Waals surface area contributed by atoms with Crippen LogP contribution in [0, 0.1) is 5.41 Å². The first kappa shape index (κ1) is 20.3. The maximum Gasteiger partial charge on any atom is 0.309 e. The fourth-order valence-electron chi connectivity index (χ4n) is 2.07. The molecule has 0 atom stereocenters. The van der Waals surface area contributed by atoms with Crippen LogP contribution in [0.1, 0.15) is 52.5 Å². The summed E-state index contributed by atoms with van der Waals surface area (Å²) >= 11 is 0. The summed E-state index contributed by atoms with van der Waals surface area (Å²) in [5.74, 6) is 0.878. The zero-order chi connectivity index (χ0) is 18.0. The van der Waals surface area contributed by atoms with Crippen LogP contribution in [-0.4, -0.2) is 30.8 Å². The molecule has 0 bridgehead atoms. The van der Waals surface area contributed by atoms with Crippen molar-refractivity contribution in [3.05, 3.63) is 23.8 Å². The summed E-state index contributed by atoms with van der Waals surface area (Å²) in [6, 6.07) is 5.89. The lowest BCUT2D eigenvalue weighted by Crippen LogP contribution is -2.28. The molecule has 0 aromatic heterocycles. The second kappa shape index (κ2) is 10.2. The summed E-state index contributed by atoms with van der Waals surface area (Å²) in [5, 5.41) is 12.4. The van der Waals surface area contributed by atoms with Crippen LogP contribution in [0.25, 0.3) is 0 Å². The minimum Gasteiger partial charge on any atom is -0.493 e. The normalized spacial score (nSPS) is 11.3. The molecule has 0 spiro atoms. The smallest absolute Gasteiger partial charge is 0.309 e. The molecule has 0 aliphatic heterocycles. The molecule has 0 amide bonds. The molecule has 1 aromatic carbocycles. The van der Waals surface area contributed by atoms with Crippen molar-refractivity contribution in [3.8, 4) is 11.5 Å². The van der Waals surface area contributed by atoms with E-state index >= 15 is 0 Å². The van der Waals surface area contributed by atoms with Crippen molar-refractivity contribution in [2.45, 2.75) is 53.5 Å². The SMILES string of the molecule is CCCOc1ccc(CNCCC(C)(C)C(=O)O)c(OCCC)c1. The maximum absolute atomic E-state index is 11.1. The number of benzene rings is 1. The van der Waals surface area contributed by atoms with E-state index in [1.807, 2.05) is 18.2 Å². The molecule has 2 N–H and O–H groups in total. The van der Waals surface area contributed by atoms with Crippen molar-refractivity contribution in [3.63, 3.8) is 0 Å². The van der Waals surface area contributed by atoms with Gasteiger partial charge in [0.1, 0.15) is 11.5 Å². The number of nitrogens with one attached hydrogen (secondary N) is 1. The number of hydrogen-bond acceptors (Lipinski definition) is 4. The predicted molar refractivity (Wildman–Crippen MR) is 95.8 cm³/mol. The molecule has 5 nitrogen and oxygen atoms in total. The van der Waals surface area contributed by atoms with Crippen molar-refractivity contribution in [2.75, 3.05) is 19.8 Å². The van der Waals surface area contributed by atoms with Gasteiger partial charge in [-0.2, -0.15) is 0 Å². The number of ether oxygens (including phenoxy) is 2. The van der Waals surface area contributed by atoms with Gasteiger partial charge in [-0.3, -0.25) is 4.79 Å². The van der Waals surface area contributed by atoms with Crippen molar-refractivity contribution < 1.29 is 19.4 Å². The lowest BCUT2D eigenvalue weighted by Gasteiger charge is -2.19. The molecular formula is C19H31NO4. The number of carbonyl (C=O) groups is 1. The van der Waals surface area contributed by atoms with Gasteiger partial charge in [0, 0.05) is 18.2 Å². The summed E-state index contributed by atoms with van der Waals surface area (Å²) < 4.78 is 11.5. The van der Waals surface area contributed by atoms with E-state index in [0.29, 0.717) is 32.7 Å². The summed E-state index contributed by atoms with van der Waals surface area (Å²) in [5.41, 5.74) is 0.340. The zero-order valence-corrected chi connectivity index (χ0v) is 15.4. The lowest BCUT2D eigenvalue weighted by atomic mass is 9.90. The van der Waals surface area contributed by atoms with E-state index in [2.05, 4.69) is 19.2 Å². The monoisotopic (exact) mass is 337 g/mol. The van der Waals surface area contributed by atoms with Gasteiger partial charge in [-0.15, -0.1) is 0 Å². The highest BCUT2D eigenvalue weighted by atomic mass is 16.5. The van der Waals surface area contributed by atoms with Gasteiger partial charge >= 0.3 is 5.97 Å². The molecule has 24 heavy (non-hydrogen) atoms. The van der Waals surface area contributed by atoms with Crippen LogP contribution in [-0.2, 0) is 11.3 Å². The third kappa shape index (κ3) is 6.79. The predicted octanol–water partition coefficient (Wildman–Crippen LogP) is 3.85. The van der Waals surface area contributed by atoms with Crippen molar-refractivity contribution in [2.24, 2.45) is 5.41 Å². The summed E-state index contributed by atoms with van der Waals surface area (Å²) in [6.45, 7) is 10.3. The topological polar surface area (TPSA) is 67.8 Å². The molecule has 5 heteroatoms. The van der Waals surface area contributed by atoms with Gasteiger partial charge in [0.2, 0.25) is 0 Å². The first-order valence-electron chi connectivity index (χ1n) is 8.73. The molecule has 1 aromatic rings. The second-order valence-electron chi connectivity index (χ2n) is 6.58. The van der Waals surface area contributed by atoms with Gasteiger partial charge < -0.3 is 19.9 Å². The Labute approximate surface area is 145 Å². The standard InChI is InChI=1S/C19H31NO4/c1-5-11-23-16-8-7-15(17(13-16)24-12-6-2)14-20-10-9-19(3,4)18(21)22/h7-8,13,20H,5-6,9-12,14H2,1-4H3,(H,21,22). The Bertz CT molecular complexity index is 514. The van der Waals surface area contributed by atoms with E-state index in [1.54, 1.807) is 13.8 Å². The average molecular weight is 337 g/mol. The van der Waals surface area contributed by atoms with E-state index in [4.69, 9.17) is 14.6 Å². The minimum atomic E-state index is -0.770. The number of rotatable bonds is 12. The van der Waals surface area contributed by atoms with Gasteiger partial charge in [-0.05, 0) is 45.7 Å². The van der Waals surface area contributed by atoms with E-state index in [1.165, 1.54) is 0 Å². The van der Waals surface area contributed by atoms with Crippen molar-refractivity contribution in [1.82, 2.24) is 5.32 Å². The summed E-state index contributed by atoms with van der Waals surface area (Å²) in [6.07, 6.45) is 2.48. The van der Waals surface area contributed by atoms with E-state index in [9.17, 15) is 4.79 Å². The van der Waals surface area contributed by atoms with Gasteiger partial charge in [-0.25, -0.2) is 0 Å². The highest BCUT2D eigenvalue weighted by Gasteiger charge is 2.26. The van der Waals surface area contributed by atoms with E-state index in [0.717, 1.165) is 29.9 Å². The van der Waals surface area contributed by atoms with Gasteiger partial charge in [0.25, 0.3) is 0 Å². The third-order valence-electron chi connectivity index (χ3n) is 3.79. The maximum atomic E-state index is 11.1. The van der Waals surface area contributed by atoms with Crippen LogP contribution < -0.4 is 14.8 Å². The van der Waals surface area contributed by atoms with Crippen LogP contribution >= 0.6 is 0 Å². The van der Waals surface area contributed by atoms with E-state index < -0.39 is 11.4 Å². The molecule has 0 unspecified atom stereocenters. The molecule has 0 radical (unpaired) electrons. The quantitative estimate of drug-likeness (QED) is 0.567. The Morgan fingerprint density at radius 3 is 2.46 bits per heavy atom. The van der Waals surface area contributed by atoms with Crippen LogP contribution in [0.5, 0.6) is 11.5 Å². The van der Waals surface area contributed by atoms with Crippen LogP contribution in [0.4, 0.5) is 0 Å². The third-order valence-corrected chi connectivity index (χ3v) is 3.79. The Kier molecular flexibility index (Phi) is 8.61. The minimum absolute atomic E-state index is 0.575. The first-order valence-corrected chi connectivity index (χ1v) is 8.73. The molecule has 0 heterocycles. The molecule has 0 aliphatic carbocycles. The molecule has 1 rings (SSSR count). The average Bonchev–Trinajstić information content (AvgIpc) is 2.55. The molecule has 0 saturated heterocycles. The number of carboxylic acids is 1. The largest absolute Gasteiger partial charge is 0.493 e. The first-order chi connectivity index (χ1) is 11.4. The molecule has 0 fully saturated rings. The van der Waals surface area contributed by atoms with Crippen LogP contribution in [0.2, 0.25) is 0 Å². The van der Waals surface area contributed by atoms with Crippen molar-refractivity contribution >= 4 is 5.97 Å². The summed E-state index contributed by atoms with van der Waals surface area (Å²) in [4.78, 5) is 11.1.